The van der Waals surface area contributed by atoms with Crippen LogP contribution in [0.1, 0.15) is 34.8 Å². The number of aromatic nitrogens is 2. The molecule has 3 N–H and O–H groups in total. The summed E-state index contributed by atoms with van der Waals surface area (Å²) in [6.45, 7) is 0. The standard InChI is InChI=1S/C22H15Cl2FN4O/c23-15-5-3-12(4-6-15)20(21-27-18-8-7-16(24)10-19(18)28-21)29-22(30)13-1-2-14(11-26)17(25)9-13/h1-10,20,22,29-30H,(H,27,28). The minimum absolute atomic E-state index is 0.0886. The van der Waals surface area contributed by atoms with Crippen molar-refractivity contribution in [2.75, 3.05) is 0 Å². The van der Waals surface area contributed by atoms with Crippen molar-refractivity contribution in [3.63, 3.8) is 0 Å². The molecule has 0 fully saturated rings. The summed E-state index contributed by atoms with van der Waals surface area (Å²) in [4.78, 5) is 7.82. The zero-order valence-electron chi connectivity index (χ0n) is 15.4. The number of imidazole rings is 1. The van der Waals surface area contributed by atoms with Gasteiger partial charge in [0.1, 0.15) is 23.9 Å². The highest BCUT2D eigenvalue weighted by molar-refractivity contribution is 6.31. The normalized spacial score (nSPS) is 13.2. The molecule has 0 aliphatic heterocycles. The fourth-order valence-corrected chi connectivity index (χ4v) is 3.47. The number of nitriles is 1. The van der Waals surface area contributed by atoms with Crippen LogP contribution in [0.5, 0.6) is 0 Å². The molecule has 3 aromatic carbocycles. The number of fused-ring (bicyclic) bond motifs is 1. The molecule has 2 unspecified atom stereocenters. The number of aliphatic hydroxyl groups is 1. The maximum Gasteiger partial charge on any atom is 0.141 e. The van der Waals surface area contributed by atoms with E-state index in [4.69, 9.17) is 28.5 Å². The summed E-state index contributed by atoms with van der Waals surface area (Å²) >= 11 is 12.1. The van der Waals surface area contributed by atoms with E-state index in [0.717, 1.165) is 17.1 Å². The lowest BCUT2D eigenvalue weighted by atomic mass is 10.0. The van der Waals surface area contributed by atoms with Gasteiger partial charge in [-0.05, 0) is 53.6 Å². The van der Waals surface area contributed by atoms with Crippen LogP contribution in [0.3, 0.4) is 0 Å². The first-order valence-corrected chi connectivity index (χ1v) is 9.74. The van der Waals surface area contributed by atoms with Gasteiger partial charge >= 0.3 is 0 Å². The summed E-state index contributed by atoms with van der Waals surface area (Å²) in [6.07, 6.45) is -1.22. The van der Waals surface area contributed by atoms with Crippen LogP contribution in [0.15, 0.2) is 60.7 Å². The lowest BCUT2D eigenvalue weighted by Crippen LogP contribution is -2.28. The van der Waals surface area contributed by atoms with Crippen LogP contribution < -0.4 is 5.32 Å². The van der Waals surface area contributed by atoms with Gasteiger partial charge in [-0.2, -0.15) is 5.26 Å². The number of H-pyrrole nitrogens is 1. The third-order valence-electron chi connectivity index (χ3n) is 4.69. The Bertz CT molecular complexity index is 1250. The van der Waals surface area contributed by atoms with E-state index >= 15 is 0 Å². The molecule has 0 saturated carbocycles. The molecule has 5 nitrogen and oxygen atoms in total. The van der Waals surface area contributed by atoms with Crippen molar-refractivity contribution >= 4 is 34.2 Å². The quantitative estimate of drug-likeness (QED) is 0.370. The fourth-order valence-electron chi connectivity index (χ4n) is 3.17. The molecular formula is C22H15Cl2FN4O. The van der Waals surface area contributed by atoms with Gasteiger partial charge in [-0.25, -0.2) is 9.37 Å². The van der Waals surface area contributed by atoms with E-state index in [1.807, 2.05) is 12.1 Å². The van der Waals surface area contributed by atoms with Crippen LogP contribution in [0.2, 0.25) is 10.0 Å². The highest BCUT2D eigenvalue weighted by Gasteiger charge is 2.22. The number of halogens is 3. The van der Waals surface area contributed by atoms with Crippen molar-refractivity contribution < 1.29 is 9.50 Å². The second-order valence-electron chi connectivity index (χ2n) is 6.69. The van der Waals surface area contributed by atoms with Gasteiger partial charge in [-0.3, -0.25) is 5.32 Å². The van der Waals surface area contributed by atoms with Crippen LogP contribution in [0.4, 0.5) is 4.39 Å². The van der Waals surface area contributed by atoms with E-state index in [0.29, 0.717) is 21.4 Å². The van der Waals surface area contributed by atoms with Crippen molar-refractivity contribution in [2.24, 2.45) is 0 Å². The van der Waals surface area contributed by atoms with Crippen molar-refractivity contribution in [1.82, 2.24) is 15.3 Å². The summed E-state index contributed by atoms with van der Waals surface area (Å²) < 4.78 is 14.0. The Kier molecular flexibility index (Phi) is 5.71. The fraction of sp³-hybridized carbons (Fsp3) is 0.0909. The lowest BCUT2D eigenvalue weighted by molar-refractivity contribution is 0.127. The molecule has 8 heteroatoms. The zero-order chi connectivity index (χ0) is 21.3. The molecule has 0 aliphatic rings. The molecule has 0 saturated heterocycles. The molecule has 2 atom stereocenters. The molecule has 4 aromatic rings. The predicted octanol–water partition coefficient (Wildman–Crippen LogP) is 5.25. The van der Waals surface area contributed by atoms with Crippen LogP contribution in [0.25, 0.3) is 11.0 Å². The van der Waals surface area contributed by atoms with Gasteiger partial charge < -0.3 is 10.1 Å². The Balaban J connectivity index is 1.72. The molecule has 0 amide bonds. The maximum atomic E-state index is 14.0. The molecule has 0 spiro atoms. The number of aromatic amines is 1. The number of nitrogens with one attached hydrogen (secondary N) is 2. The molecule has 0 aliphatic carbocycles. The summed E-state index contributed by atoms with van der Waals surface area (Å²) in [6, 6.07) is 17.6. The van der Waals surface area contributed by atoms with Gasteiger partial charge in [0.05, 0.1) is 22.6 Å². The van der Waals surface area contributed by atoms with Gasteiger partial charge in [0, 0.05) is 10.0 Å². The van der Waals surface area contributed by atoms with Crippen molar-refractivity contribution in [3.8, 4) is 6.07 Å². The molecule has 1 aromatic heterocycles. The Morgan fingerprint density at radius 2 is 1.70 bits per heavy atom. The number of nitrogens with zero attached hydrogens (tertiary/aromatic N) is 2. The van der Waals surface area contributed by atoms with Gasteiger partial charge in [-0.15, -0.1) is 0 Å². The first-order chi connectivity index (χ1) is 14.4. The summed E-state index contributed by atoms with van der Waals surface area (Å²) in [5, 5.41) is 23.8. The number of benzene rings is 3. The molecular weight excluding hydrogens is 426 g/mol. The van der Waals surface area contributed by atoms with Crippen molar-refractivity contribution in [1.29, 1.82) is 5.26 Å². The minimum Gasteiger partial charge on any atom is -0.374 e. The van der Waals surface area contributed by atoms with Crippen molar-refractivity contribution in [2.45, 2.75) is 12.3 Å². The largest absolute Gasteiger partial charge is 0.374 e. The summed E-state index contributed by atoms with van der Waals surface area (Å²) in [7, 11) is 0. The predicted molar refractivity (Wildman–Crippen MR) is 114 cm³/mol. The van der Waals surface area contributed by atoms with Crippen LogP contribution in [-0.2, 0) is 0 Å². The average Bonchev–Trinajstić information content (AvgIpc) is 3.15. The third kappa shape index (κ3) is 4.16. The van der Waals surface area contributed by atoms with E-state index in [9.17, 15) is 9.50 Å². The second kappa shape index (κ2) is 8.42. The Hall–Kier alpha value is -2.95. The van der Waals surface area contributed by atoms with Gasteiger partial charge in [0.25, 0.3) is 0 Å². The van der Waals surface area contributed by atoms with E-state index in [1.165, 1.54) is 12.1 Å². The molecule has 0 bridgehead atoms. The number of hydrogen-bond donors (Lipinski definition) is 3. The van der Waals surface area contributed by atoms with E-state index in [1.54, 1.807) is 36.4 Å². The van der Waals surface area contributed by atoms with E-state index in [-0.39, 0.29) is 11.1 Å². The SMILES string of the molecule is N#Cc1ccc(C(O)NC(c2ccc(Cl)cc2)c2nc3ccc(Cl)cc3[nH]2)cc1F. The molecule has 1 heterocycles. The zero-order valence-corrected chi connectivity index (χ0v) is 16.9. The van der Waals surface area contributed by atoms with Gasteiger partial charge in [0.2, 0.25) is 0 Å². The highest BCUT2D eigenvalue weighted by Crippen LogP contribution is 2.28. The first-order valence-electron chi connectivity index (χ1n) is 8.99. The topological polar surface area (TPSA) is 84.7 Å². The molecule has 0 radical (unpaired) electrons. The van der Waals surface area contributed by atoms with Crippen LogP contribution >= 0.6 is 23.2 Å². The summed E-state index contributed by atoms with van der Waals surface area (Å²) in [5.41, 5.74) is 2.45. The van der Waals surface area contributed by atoms with Crippen molar-refractivity contribution in [3.05, 3.63) is 99.0 Å². The smallest absolute Gasteiger partial charge is 0.141 e. The molecule has 150 valence electrons. The number of aliphatic hydroxyl groups excluding tert-OH is 1. The second-order valence-corrected chi connectivity index (χ2v) is 7.56. The summed E-state index contributed by atoms with van der Waals surface area (Å²) in [5.74, 6) is -0.153. The van der Waals surface area contributed by atoms with Crippen LogP contribution in [0, 0.1) is 17.1 Å². The maximum absolute atomic E-state index is 14.0. The Morgan fingerprint density at radius 1 is 1.00 bits per heavy atom. The highest BCUT2D eigenvalue weighted by atomic mass is 35.5. The van der Waals surface area contributed by atoms with Crippen LogP contribution in [-0.4, -0.2) is 15.1 Å². The first kappa shape index (κ1) is 20.3. The van der Waals surface area contributed by atoms with Gasteiger partial charge in [-0.1, -0.05) is 41.4 Å². The number of hydrogen-bond acceptors (Lipinski definition) is 4. The Morgan fingerprint density at radius 3 is 2.40 bits per heavy atom. The minimum atomic E-state index is -1.22. The average molecular weight is 441 g/mol. The van der Waals surface area contributed by atoms with E-state index < -0.39 is 18.1 Å². The van der Waals surface area contributed by atoms with E-state index in [2.05, 4.69) is 15.3 Å². The van der Waals surface area contributed by atoms with Gasteiger partial charge in [0.15, 0.2) is 0 Å². The molecule has 30 heavy (non-hydrogen) atoms. The monoisotopic (exact) mass is 440 g/mol. The molecule has 4 rings (SSSR count). The lowest BCUT2D eigenvalue weighted by Gasteiger charge is -2.22. The number of rotatable bonds is 5. The third-order valence-corrected chi connectivity index (χ3v) is 5.18. The Labute approximate surface area is 181 Å².